The number of carbonyl (C=O) groups excluding carboxylic acids is 1. The molecular weight excluding hydrogens is 210 g/mol. The summed E-state index contributed by atoms with van der Waals surface area (Å²) in [6.07, 6.45) is 0. The maximum Gasteiger partial charge on any atom is 0.278 e. The smallest absolute Gasteiger partial charge is 0.278 e. The minimum Gasteiger partial charge on any atom is -0.507 e. The molecule has 0 saturated heterocycles. The summed E-state index contributed by atoms with van der Waals surface area (Å²) in [5.74, 6) is -1.09. The van der Waals surface area contributed by atoms with Crippen LogP contribution in [0.5, 0.6) is 11.5 Å². The molecule has 0 unspecified atom stereocenters. The molecule has 16 heavy (non-hydrogen) atoms. The summed E-state index contributed by atoms with van der Waals surface area (Å²) in [6.45, 7) is 0. The molecule has 0 aromatic heterocycles. The lowest BCUT2D eigenvalue weighted by Crippen LogP contribution is -2.18. The first-order valence-corrected chi connectivity index (χ1v) is 4.52. The van der Waals surface area contributed by atoms with E-state index in [1.807, 2.05) is 0 Å². The summed E-state index contributed by atoms with van der Waals surface area (Å²) in [5.41, 5.74) is 1.38. The number of phenols is 2. The highest BCUT2D eigenvalue weighted by Crippen LogP contribution is 2.30. The summed E-state index contributed by atoms with van der Waals surface area (Å²) in [7, 11) is 0. The van der Waals surface area contributed by atoms with E-state index in [1.54, 1.807) is 12.1 Å². The van der Waals surface area contributed by atoms with E-state index in [9.17, 15) is 15.0 Å². The van der Waals surface area contributed by atoms with Crippen molar-refractivity contribution in [3.63, 3.8) is 0 Å². The Hall–Kier alpha value is -2.27. The molecular formula is C11H9NO4. The lowest BCUT2D eigenvalue weighted by atomic mass is 10.0. The van der Waals surface area contributed by atoms with Crippen LogP contribution in [0.2, 0.25) is 0 Å². The van der Waals surface area contributed by atoms with Crippen molar-refractivity contribution in [1.29, 1.82) is 0 Å². The second-order valence-corrected chi connectivity index (χ2v) is 3.31. The Morgan fingerprint density at radius 3 is 2.56 bits per heavy atom. The van der Waals surface area contributed by atoms with Crippen molar-refractivity contribution < 1.29 is 20.2 Å². The zero-order chi connectivity index (χ0) is 11.7. The van der Waals surface area contributed by atoms with Crippen LogP contribution in [0, 0.1) is 0 Å². The summed E-state index contributed by atoms with van der Waals surface area (Å²) < 4.78 is 0. The van der Waals surface area contributed by atoms with Gasteiger partial charge in [-0.3, -0.25) is 10.0 Å². The van der Waals surface area contributed by atoms with E-state index in [4.69, 9.17) is 5.21 Å². The number of hydrogen-bond acceptors (Lipinski definition) is 4. The fraction of sp³-hybridized carbons (Fsp3) is 0. The number of phenolic OH excluding ortho intramolecular Hbond substituents is 2. The number of carbonyl (C=O) groups is 1. The quantitative estimate of drug-likeness (QED) is 0.430. The SMILES string of the molecule is O=C(NO)c1cc2cccc(O)c2cc1O. The molecule has 5 heteroatoms. The number of nitrogens with one attached hydrogen (secondary N) is 1. The van der Waals surface area contributed by atoms with Crippen molar-refractivity contribution in [2.45, 2.75) is 0 Å². The second kappa shape index (κ2) is 3.71. The predicted octanol–water partition coefficient (Wildman–Crippen LogP) is 1.37. The molecule has 2 aromatic carbocycles. The van der Waals surface area contributed by atoms with Gasteiger partial charge < -0.3 is 10.2 Å². The van der Waals surface area contributed by atoms with Gasteiger partial charge in [-0.05, 0) is 23.6 Å². The maximum atomic E-state index is 11.2. The largest absolute Gasteiger partial charge is 0.507 e. The monoisotopic (exact) mass is 219 g/mol. The fourth-order valence-electron chi connectivity index (χ4n) is 1.54. The molecule has 2 aromatic rings. The van der Waals surface area contributed by atoms with Crippen LogP contribution in [0.1, 0.15) is 10.4 Å². The molecule has 82 valence electrons. The Bertz CT molecular complexity index is 565. The second-order valence-electron chi connectivity index (χ2n) is 3.31. The number of benzene rings is 2. The van der Waals surface area contributed by atoms with E-state index in [1.165, 1.54) is 23.7 Å². The van der Waals surface area contributed by atoms with Crippen molar-refractivity contribution in [3.8, 4) is 11.5 Å². The van der Waals surface area contributed by atoms with Crippen molar-refractivity contribution in [1.82, 2.24) is 5.48 Å². The molecule has 0 fully saturated rings. The molecule has 1 amide bonds. The Balaban J connectivity index is 2.72. The van der Waals surface area contributed by atoms with Crippen LogP contribution >= 0.6 is 0 Å². The van der Waals surface area contributed by atoms with Crippen LogP contribution in [0.25, 0.3) is 10.8 Å². The number of rotatable bonds is 1. The molecule has 0 saturated carbocycles. The van der Waals surface area contributed by atoms with Crippen LogP contribution in [-0.2, 0) is 0 Å². The van der Waals surface area contributed by atoms with E-state index in [-0.39, 0.29) is 17.1 Å². The van der Waals surface area contributed by atoms with Gasteiger partial charge in [-0.1, -0.05) is 12.1 Å². The summed E-state index contributed by atoms with van der Waals surface area (Å²) >= 11 is 0. The van der Waals surface area contributed by atoms with Gasteiger partial charge in [-0.2, -0.15) is 0 Å². The molecule has 0 aliphatic rings. The molecule has 0 aliphatic carbocycles. The molecule has 2 rings (SSSR count). The van der Waals surface area contributed by atoms with E-state index < -0.39 is 5.91 Å². The summed E-state index contributed by atoms with van der Waals surface area (Å²) in [5, 5.41) is 28.6. The molecule has 0 atom stereocenters. The average molecular weight is 219 g/mol. The van der Waals surface area contributed by atoms with E-state index in [0.717, 1.165) is 0 Å². The van der Waals surface area contributed by atoms with Crippen molar-refractivity contribution in [3.05, 3.63) is 35.9 Å². The lowest BCUT2D eigenvalue weighted by molar-refractivity contribution is 0.0703. The van der Waals surface area contributed by atoms with Gasteiger partial charge >= 0.3 is 0 Å². The van der Waals surface area contributed by atoms with Crippen molar-refractivity contribution >= 4 is 16.7 Å². The third-order valence-corrected chi connectivity index (χ3v) is 2.32. The van der Waals surface area contributed by atoms with Crippen molar-refractivity contribution in [2.24, 2.45) is 0 Å². The lowest BCUT2D eigenvalue weighted by Gasteiger charge is -2.06. The predicted molar refractivity (Wildman–Crippen MR) is 56.5 cm³/mol. The third kappa shape index (κ3) is 1.53. The Morgan fingerprint density at radius 2 is 1.88 bits per heavy atom. The van der Waals surface area contributed by atoms with Crippen LogP contribution in [0.3, 0.4) is 0 Å². The normalized spacial score (nSPS) is 10.3. The molecule has 0 bridgehead atoms. The van der Waals surface area contributed by atoms with Gasteiger partial charge in [0.1, 0.15) is 11.5 Å². The summed E-state index contributed by atoms with van der Waals surface area (Å²) in [6, 6.07) is 7.44. The third-order valence-electron chi connectivity index (χ3n) is 2.32. The first-order valence-electron chi connectivity index (χ1n) is 4.52. The molecule has 5 nitrogen and oxygen atoms in total. The highest BCUT2D eigenvalue weighted by Gasteiger charge is 2.12. The van der Waals surface area contributed by atoms with Gasteiger partial charge in [0.25, 0.3) is 5.91 Å². The number of hydroxylamine groups is 1. The van der Waals surface area contributed by atoms with Crippen LogP contribution < -0.4 is 5.48 Å². The van der Waals surface area contributed by atoms with Gasteiger partial charge in [0.05, 0.1) is 5.56 Å². The van der Waals surface area contributed by atoms with Gasteiger partial charge in [-0.15, -0.1) is 0 Å². The van der Waals surface area contributed by atoms with Crippen LogP contribution in [-0.4, -0.2) is 21.3 Å². The van der Waals surface area contributed by atoms with E-state index in [2.05, 4.69) is 0 Å². The zero-order valence-electron chi connectivity index (χ0n) is 8.14. The molecule has 0 spiro atoms. The fourth-order valence-corrected chi connectivity index (χ4v) is 1.54. The molecule has 4 N–H and O–H groups in total. The van der Waals surface area contributed by atoms with E-state index >= 15 is 0 Å². The summed E-state index contributed by atoms with van der Waals surface area (Å²) in [4.78, 5) is 11.2. The number of hydrogen-bond donors (Lipinski definition) is 4. The number of fused-ring (bicyclic) bond motifs is 1. The van der Waals surface area contributed by atoms with Crippen molar-refractivity contribution in [2.75, 3.05) is 0 Å². The van der Waals surface area contributed by atoms with Crippen LogP contribution in [0.4, 0.5) is 0 Å². The average Bonchev–Trinajstić information content (AvgIpc) is 2.29. The molecule has 0 heterocycles. The van der Waals surface area contributed by atoms with Gasteiger partial charge in [0, 0.05) is 5.39 Å². The molecule has 0 aliphatic heterocycles. The van der Waals surface area contributed by atoms with Gasteiger partial charge in [-0.25, -0.2) is 5.48 Å². The topological polar surface area (TPSA) is 89.8 Å². The highest BCUT2D eigenvalue weighted by atomic mass is 16.5. The Morgan fingerprint density at radius 1 is 1.12 bits per heavy atom. The van der Waals surface area contributed by atoms with Gasteiger partial charge in [0.2, 0.25) is 0 Å². The minimum absolute atomic E-state index is 0.0174. The number of amides is 1. The van der Waals surface area contributed by atoms with E-state index in [0.29, 0.717) is 10.8 Å². The van der Waals surface area contributed by atoms with Crippen LogP contribution in [0.15, 0.2) is 30.3 Å². The standard InChI is InChI=1S/C11H9NO4/c13-9-3-1-2-6-4-8(11(15)12-16)10(14)5-7(6)9/h1-5,13-14,16H,(H,12,15). The highest BCUT2D eigenvalue weighted by molar-refractivity contribution is 6.02. The Labute approximate surface area is 90.5 Å². The first-order chi connectivity index (χ1) is 7.63. The molecule has 0 radical (unpaired) electrons. The zero-order valence-corrected chi connectivity index (χ0v) is 8.14. The van der Waals surface area contributed by atoms with Gasteiger partial charge in [0.15, 0.2) is 0 Å². The Kier molecular flexibility index (Phi) is 2.38. The first kappa shape index (κ1) is 10.3. The number of aromatic hydroxyl groups is 2. The maximum absolute atomic E-state index is 11.2. The minimum atomic E-state index is -0.803.